The van der Waals surface area contributed by atoms with Gasteiger partial charge in [0, 0.05) is 42.2 Å². The van der Waals surface area contributed by atoms with E-state index in [1.54, 1.807) is 55.5 Å². The molecule has 2 aromatic carbocycles. The molecular formula is C23H28N4O4. The summed E-state index contributed by atoms with van der Waals surface area (Å²) in [6.07, 6.45) is 2.46. The van der Waals surface area contributed by atoms with Gasteiger partial charge >= 0.3 is 0 Å². The lowest BCUT2D eigenvalue weighted by Crippen LogP contribution is -2.31. The van der Waals surface area contributed by atoms with Crippen LogP contribution in [0.5, 0.6) is 0 Å². The van der Waals surface area contributed by atoms with Gasteiger partial charge in [0.1, 0.15) is 0 Å². The zero-order valence-electron chi connectivity index (χ0n) is 17.6. The molecule has 0 aromatic heterocycles. The maximum Gasteiger partial charge on any atom is 0.251 e. The summed E-state index contributed by atoms with van der Waals surface area (Å²) in [5.41, 5.74) is 2.40. The van der Waals surface area contributed by atoms with Gasteiger partial charge in [0.15, 0.2) is 0 Å². The van der Waals surface area contributed by atoms with Crippen LogP contribution < -0.4 is 21.3 Å². The normalized spacial score (nSPS) is 15.2. The quantitative estimate of drug-likeness (QED) is 0.495. The highest BCUT2D eigenvalue weighted by Gasteiger charge is 2.16. The van der Waals surface area contributed by atoms with Crippen LogP contribution in [0.1, 0.15) is 36.5 Å². The van der Waals surface area contributed by atoms with E-state index in [0.29, 0.717) is 35.6 Å². The van der Waals surface area contributed by atoms with Crippen molar-refractivity contribution in [3.8, 4) is 0 Å². The summed E-state index contributed by atoms with van der Waals surface area (Å²) in [4.78, 5) is 36.2. The minimum atomic E-state index is -0.243. The molecule has 1 aliphatic heterocycles. The van der Waals surface area contributed by atoms with E-state index < -0.39 is 0 Å². The van der Waals surface area contributed by atoms with Crippen LogP contribution in [0.2, 0.25) is 0 Å². The van der Waals surface area contributed by atoms with Crippen molar-refractivity contribution in [2.45, 2.75) is 32.3 Å². The number of anilines is 3. The fourth-order valence-corrected chi connectivity index (χ4v) is 3.20. The number of amides is 3. The monoisotopic (exact) mass is 424 g/mol. The Morgan fingerprint density at radius 1 is 0.968 bits per heavy atom. The van der Waals surface area contributed by atoms with Gasteiger partial charge in [0.05, 0.1) is 12.6 Å². The first-order valence-corrected chi connectivity index (χ1v) is 10.5. The summed E-state index contributed by atoms with van der Waals surface area (Å²) in [6.45, 7) is 3.05. The average molecular weight is 425 g/mol. The lowest BCUT2D eigenvalue weighted by molar-refractivity contribution is -0.116. The van der Waals surface area contributed by atoms with Crippen LogP contribution in [0.4, 0.5) is 17.1 Å². The summed E-state index contributed by atoms with van der Waals surface area (Å²) in [5.74, 6) is -0.508. The third-order valence-corrected chi connectivity index (χ3v) is 4.84. The molecule has 0 radical (unpaired) electrons. The summed E-state index contributed by atoms with van der Waals surface area (Å²) < 4.78 is 5.52. The molecule has 1 aliphatic rings. The highest BCUT2D eigenvalue weighted by Crippen LogP contribution is 2.16. The smallest absolute Gasteiger partial charge is 0.251 e. The first-order chi connectivity index (χ1) is 15.0. The molecule has 0 saturated carbocycles. The van der Waals surface area contributed by atoms with Crippen molar-refractivity contribution in [3.63, 3.8) is 0 Å². The van der Waals surface area contributed by atoms with Crippen LogP contribution >= 0.6 is 0 Å². The minimum Gasteiger partial charge on any atom is -0.376 e. The van der Waals surface area contributed by atoms with E-state index in [1.807, 2.05) is 0 Å². The zero-order chi connectivity index (χ0) is 22.1. The summed E-state index contributed by atoms with van der Waals surface area (Å²) in [6, 6.07) is 14.0. The molecule has 0 bridgehead atoms. The Morgan fingerprint density at radius 2 is 1.68 bits per heavy atom. The fraction of sp³-hybridized carbons (Fsp3) is 0.348. The van der Waals surface area contributed by atoms with Crippen LogP contribution in [-0.2, 0) is 14.3 Å². The number of ether oxygens (including phenoxy) is 1. The standard InChI is InChI=1S/C23H28N4O4/c1-2-21(28)26-18-8-4-9-19(13-18)27-22(29)15-24-17-7-3-6-16(12-17)23(30)25-14-20-10-5-11-31-20/h3-4,6-9,12-13,20,24H,2,5,10-11,14-15H2,1H3,(H,25,30)(H,26,28)(H,27,29). The molecular weight excluding hydrogens is 396 g/mol. The van der Waals surface area contributed by atoms with Crippen molar-refractivity contribution in [3.05, 3.63) is 54.1 Å². The van der Waals surface area contributed by atoms with Crippen molar-refractivity contribution in [1.82, 2.24) is 5.32 Å². The summed E-state index contributed by atoms with van der Waals surface area (Å²) in [7, 11) is 0. The van der Waals surface area contributed by atoms with E-state index in [4.69, 9.17) is 4.74 Å². The van der Waals surface area contributed by atoms with Crippen LogP contribution in [0.3, 0.4) is 0 Å². The van der Waals surface area contributed by atoms with Crippen LogP contribution in [-0.4, -0.2) is 43.5 Å². The highest BCUT2D eigenvalue weighted by molar-refractivity contribution is 5.97. The molecule has 4 N–H and O–H groups in total. The Hall–Kier alpha value is -3.39. The van der Waals surface area contributed by atoms with Gasteiger partial charge < -0.3 is 26.0 Å². The Kier molecular flexibility index (Phi) is 8.00. The van der Waals surface area contributed by atoms with Crippen molar-refractivity contribution in [2.75, 3.05) is 35.6 Å². The van der Waals surface area contributed by atoms with Crippen molar-refractivity contribution in [1.29, 1.82) is 0 Å². The fourth-order valence-electron chi connectivity index (χ4n) is 3.20. The molecule has 1 unspecified atom stereocenters. The molecule has 1 saturated heterocycles. The summed E-state index contributed by atoms with van der Waals surface area (Å²) in [5, 5.41) is 11.5. The molecule has 1 atom stereocenters. The maximum absolute atomic E-state index is 12.4. The second-order valence-electron chi connectivity index (χ2n) is 7.31. The van der Waals surface area contributed by atoms with Gasteiger partial charge in [-0.05, 0) is 49.2 Å². The first-order valence-electron chi connectivity index (χ1n) is 10.5. The van der Waals surface area contributed by atoms with Gasteiger partial charge in [-0.3, -0.25) is 14.4 Å². The first kappa shape index (κ1) is 22.3. The van der Waals surface area contributed by atoms with E-state index in [-0.39, 0.29) is 30.4 Å². The second-order valence-corrected chi connectivity index (χ2v) is 7.31. The van der Waals surface area contributed by atoms with Gasteiger partial charge in [-0.25, -0.2) is 0 Å². The van der Waals surface area contributed by atoms with Crippen LogP contribution in [0.15, 0.2) is 48.5 Å². The number of carbonyl (C=O) groups is 3. The molecule has 8 heteroatoms. The number of nitrogens with one attached hydrogen (secondary N) is 4. The Labute approximate surface area is 181 Å². The molecule has 1 fully saturated rings. The zero-order valence-corrected chi connectivity index (χ0v) is 17.6. The highest BCUT2D eigenvalue weighted by atomic mass is 16.5. The molecule has 164 valence electrons. The predicted molar refractivity (Wildman–Crippen MR) is 120 cm³/mol. The van der Waals surface area contributed by atoms with Crippen molar-refractivity contribution >= 4 is 34.8 Å². The van der Waals surface area contributed by atoms with E-state index >= 15 is 0 Å². The number of carbonyl (C=O) groups excluding carboxylic acids is 3. The van der Waals surface area contributed by atoms with Gasteiger partial charge in [-0.15, -0.1) is 0 Å². The third-order valence-electron chi connectivity index (χ3n) is 4.84. The molecule has 0 aliphatic carbocycles. The largest absolute Gasteiger partial charge is 0.376 e. The molecule has 3 rings (SSSR count). The maximum atomic E-state index is 12.4. The van der Waals surface area contributed by atoms with Crippen LogP contribution in [0.25, 0.3) is 0 Å². The lowest BCUT2D eigenvalue weighted by Gasteiger charge is -2.12. The number of benzene rings is 2. The van der Waals surface area contributed by atoms with E-state index in [2.05, 4.69) is 21.3 Å². The number of rotatable bonds is 9. The van der Waals surface area contributed by atoms with E-state index in [0.717, 1.165) is 19.4 Å². The van der Waals surface area contributed by atoms with E-state index in [1.165, 1.54) is 0 Å². The minimum absolute atomic E-state index is 0.0343. The van der Waals surface area contributed by atoms with Gasteiger partial charge in [-0.1, -0.05) is 19.1 Å². The topological polar surface area (TPSA) is 109 Å². The molecule has 3 amide bonds. The van der Waals surface area contributed by atoms with E-state index in [9.17, 15) is 14.4 Å². The Balaban J connectivity index is 1.48. The molecule has 1 heterocycles. The van der Waals surface area contributed by atoms with Gasteiger partial charge in [-0.2, -0.15) is 0 Å². The lowest BCUT2D eigenvalue weighted by atomic mass is 10.1. The summed E-state index contributed by atoms with van der Waals surface area (Å²) >= 11 is 0. The molecule has 31 heavy (non-hydrogen) atoms. The van der Waals surface area contributed by atoms with Crippen molar-refractivity contribution in [2.24, 2.45) is 0 Å². The third kappa shape index (κ3) is 7.11. The average Bonchev–Trinajstić information content (AvgIpc) is 3.30. The predicted octanol–water partition coefficient (Wildman–Crippen LogP) is 2.99. The number of hydrogen-bond donors (Lipinski definition) is 4. The molecule has 2 aromatic rings. The Bertz CT molecular complexity index is 925. The molecule has 0 spiro atoms. The van der Waals surface area contributed by atoms with Crippen LogP contribution in [0, 0.1) is 0 Å². The van der Waals surface area contributed by atoms with Crippen molar-refractivity contribution < 1.29 is 19.1 Å². The van der Waals surface area contributed by atoms with Gasteiger partial charge in [0.25, 0.3) is 5.91 Å². The Morgan fingerprint density at radius 3 is 2.39 bits per heavy atom. The molecule has 8 nitrogen and oxygen atoms in total. The van der Waals surface area contributed by atoms with Gasteiger partial charge in [0.2, 0.25) is 11.8 Å². The SMILES string of the molecule is CCC(=O)Nc1cccc(NC(=O)CNc2cccc(C(=O)NCC3CCCO3)c2)c1. The second kappa shape index (κ2) is 11.1. The number of hydrogen-bond acceptors (Lipinski definition) is 5.